The van der Waals surface area contributed by atoms with Crippen molar-refractivity contribution in [1.29, 1.82) is 0 Å². The van der Waals surface area contributed by atoms with Crippen LogP contribution in [0.4, 0.5) is 0 Å². The SMILES string of the molecule is CC1=C[CH]C2OC=CC(=O)C2=C1. The number of allylic oxidation sites excluding steroid dienone is 3. The van der Waals surface area contributed by atoms with Crippen molar-refractivity contribution < 1.29 is 9.53 Å². The maximum Gasteiger partial charge on any atom is 0.188 e. The van der Waals surface area contributed by atoms with Crippen molar-refractivity contribution >= 4 is 5.78 Å². The van der Waals surface area contributed by atoms with Crippen LogP contribution in [0.1, 0.15) is 6.92 Å². The molecule has 0 N–H and O–H groups in total. The molecule has 0 aromatic rings. The molecule has 1 atom stereocenters. The molecule has 1 radical (unpaired) electrons. The third-order valence-electron chi connectivity index (χ3n) is 1.95. The second kappa shape index (κ2) is 2.63. The number of carbonyl (C=O) groups excluding carboxylic acids is 1. The minimum Gasteiger partial charge on any atom is -0.492 e. The van der Waals surface area contributed by atoms with Crippen LogP contribution in [0.5, 0.6) is 0 Å². The molecule has 2 rings (SSSR count). The smallest absolute Gasteiger partial charge is 0.188 e. The van der Waals surface area contributed by atoms with Crippen LogP contribution in [0.25, 0.3) is 0 Å². The van der Waals surface area contributed by atoms with E-state index in [2.05, 4.69) is 0 Å². The predicted octanol–water partition coefficient (Wildman–Crippen LogP) is 1.56. The zero-order valence-corrected chi connectivity index (χ0v) is 6.78. The summed E-state index contributed by atoms with van der Waals surface area (Å²) in [7, 11) is 0. The Morgan fingerprint density at radius 1 is 1.50 bits per heavy atom. The van der Waals surface area contributed by atoms with E-state index in [9.17, 15) is 4.79 Å². The van der Waals surface area contributed by atoms with Gasteiger partial charge in [-0.15, -0.1) is 0 Å². The zero-order chi connectivity index (χ0) is 8.55. The largest absolute Gasteiger partial charge is 0.492 e. The van der Waals surface area contributed by atoms with Crippen LogP contribution in [0, 0.1) is 6.42 Å². The number of ether oxygens (including phenoxy) is 1. The average Bonchev–Trinajstić information content (AvgIpc) is 2.07. The Hall–Kier alpha value is -1.31. The van der Waals surface area contributed by atoms with Crippen molar-refractivity contribution in [1.82, 2.24) is 0 Å². The van der Waals surface area contributed by atoms with Gasteiger partial charge in [-0.2, -0.15) is 0 Å². The molecule has 0 spiro atoms. The Balaban J connectivity index is 2.37. The second-order valence-electron chi connectivity index (χ2n) is 2.93. The third-order valence-corrected chi connectivity index (χ3v) is 1.95. The van der Waals surface area contributed by atoms with Gasteiger partial charge in [-0.25, -0.2) is 0 Å². The summed E-state index contributed by atoms with van der Waals surface area (Å²) in [5, 5.41) is 0. The van der Waals surface area contributed by atoms with E-state index in [0.717, 1.165) is 11.1 Å². The lowest BCUT2D eigenvalue weighted by Gasteiger charge is -2.23. The van der Waals surface area contributed by atoms with Crippen molar-refractivity contribution in [3.8, 4) is 0 Å². The molecule has 0 aromatic heterocycles. The van der Waals surface area contributed by atoms with Gasteiger partial charge in [0.1, 0.15) is 6.10 Å². The fraction of sp³-hybridized carbons (Fsp3) is 0.200. The summed E-state index contributed by atoms with van der Waals surface area (Å²) in [5.74, 6) is 0.0509. The molecule has 1 unspecified atom stereocenters. The predicted molar refractivity (Wildman–Crippen MR) is 45.2 cm³/mol. The summed E-state index contributed by atoms with van der Waals surface area (Å²) < 4.78 is 5.23. The summed E-state index contributed by atoms with van der Waals surface area (Å²) in [4.78, 5) is 11.3. The van der Waals surface area contributed by atoms with Crippen LogP contribution in [0.3, 0.4) is 0 Å². The van der Waals surface area contributed by atoms with Crippen molar-refractivity contribution in [3.05, 3.63) is 42.1 Å². The molecule has 1 aliphatic heterocycles. The Labute approximate surface area is 71.2 Å². The van der Waals surface area contributed by atoms with Gasteiger partial charge >= 0.3 is 0 Å². The van der Waals surface area contributed by atoms with Crippen LogP contribution >= 0.6 is 0 Å². The van der Waals surface area contributed by atoms with Crippen molar-refractivity contribution in [3.63, 3.8) is 0 Å². The van der Waals surface area contributed by atoms with Gasteiger partial charge in [0, 0.05) is 18.1 Å². The first kappa shape index (κ1) is 7.35. The van der Waals surface area contributed by atoms with E-state index in [0.29, 0.717) is 0 Å². The number of rotatable bonds is 0. The van der Waals surface area contributed by atoms with E-state index in [1.807, 2.05) is 25.5 Å². The summed E-state index contributed by atoms with van der Waals surface area (Å²) in [5.41, 5.74) is 1.83. The molecule has 1 heterocycles. The molecule has 1 aliphatic carbocycles. The highest BCUT2D eigenvalue weighted by molar-refractivity contribution is 6.06. The summed E-state index contributed by atoms with van der Waals surface area (Å²) in [6.45, 7) is 1.96. The van der Waals surface area contributed by atoms with Gasteiger partial charge in [0.15, 0.2) is 5.78 Å². The highest BCUT2D eigenvalue weighted by Crippen LogP contribution is 2.23. The van der Waals surface area contributed by atoms with E-state index in [-0.39, 0.29) is 11.9 Å². The molecule has 12 heavy (non-hydrogen) atoms. The average molecular weight is 161 g/mol. The Kier molecular flexibility index (Phi) is 1.61. The molecule has 2 aliphatic rings. The molecule has 2 nitrogen and oxygen atoms in total. The first-order valence-electron chi connectivity index (χ1n) is 3.87. The summed E-state index contributed by atoms with van der Waals surface area (Å²) in [6.07, 6.45) is 8.47. The Morgan fingerprint density at radius 2 is 2.33 bits per heavy atom. The summed E-state index contributed by atoms with van der Waals surface area (Å²) >= 11 is 0. The van der Waals surface area contributed by atoms with Crippen LogP contribution in [0.2, 0.25) is 0 Å². The molecule has 0 bridgehead atoms. The first-order valence-corrected chi connectivity index (χ1v) is 3.87. The van der Waals surface area contributed by atoms with Gasteiger partial charge in [-0.3, -0.25) is 4.79 Å². The number of carbonyl (C=O) groups is 1. The fourth-order valence-electron chi connectivity index (χ4n) is 1.33. The zero-order valence-electron chi connectivity index (χ0n) is 6.78. The van der Waals surface area contributed by atoms with Crippen molar-refractivity contribution in [2.75, 3.05) is 0 Å². The third kappa shape index (κ3) is 1.09. The lowest BCUT2D eigenvalue weighted by molar-refractivity contribution is -0.113. The van der Waals surface area contributed by atoms with E-state index >= 15 is 0 Å². The molecule has 0 aromatic carbocycles. The van der Waals surface area contributed by atoms with Gasteiger partial charge in [-0.05, 0) is 13.0 Å². The first-order chi connectivity index (χ1) is 5.77. The quantitative estimate of drug-likeness (QED) is 0.539. The van der Waals surface area contributed by atoms with Crippen LogP contribution in [-0.2, 0) is 9.53 Å². The van der Waals surface area contributed by atoms with E-state index < -0.39 is 0 Å². The molecular formula is C10H9O2. The van der Waals surface area contributed by atoms with E-state index in [4.69, 9.17) is 4.74 Å². The minimum absolute atomic E-state index is 0.0509. The Morgan fingerprint density at radius 3 is 3.17 bits per heavy atom. The lowest BCUT2D eigenvalue weighted by Crippen LogP contribution is -2.24. The van der Waals surface area contributed by atoms with Crippen molar-refractivity contribution in [2.24, 2.45) is 0 Å². The minimum atomic E-state index is -0.161. The molecule has 0 saturated heterocycles. The van der Waals surface area contributed by atoms with Gasteiger partial charge in [0.05, 0.1) is 6.26 Å². The number of ketones is 1. The van der Waals surface area contributed by atoms with Gasteiger partial charge < -0.3 is 4.74 Å². The molecular weight excluding hydrogens is 152 g/mol. The van der Waals surface area contributed by atoms with Crippen molar-refractivity contribution in [2.45, 2.75) is 13.0 Å². The maximum atomic E-state index is 11.3. The Bertz CT molecular complexity index is 308. The standard InChI is InChI=1S/C10H9O2/c1-7-2-3-10-8(6-7)9(11)4-5-12-10/h2-6,10H,1H3. The lowest BCUT2D eigenvalue weighted by atomic mass is 9.93. The van der Waals surface area contributed by atoms with E-state index in [1.165, 1.54) is 12.3 Å². The molecule has 61 valence electrons. The highest BCUT2D eigenvalue weighted by atomic mass is 16.5. The molecule has 2 heteroatoms. The van der Waals surface area contributed by atoms with Gasteiger partial charge in [0.25, 0.3) is 0 Å². The molecule has 0 fully saturated rings. The number of hydrogen-bond acceptors (Lipinski definition) is 2. The molecule has 0 amide bonds. The van der Waals surface area contributed by atoms with Gasteiger partial charge in [0.2, 0.25) is 0 Å². The fourth-order valence-corrected chi connectivity index (χ4v) is 1.33. The van der Waals surface area contributed by atoms with Crippen LogP contribution in [-0.4, -0.2) is 11.9 Å². The van der Waals surface area contributed by atoms with Crippen LogP contribution in [0.15, 0.2) is 35.6 Å². The topological polar surface area (TPSA) is 26.3 Å². The number of hydrogen-bond donors (Lipinski definition) is 0. The monoisotopic (exact) mass is 161 g/mol. The molecule has 0 saturated carbocycles. The summed E-state index contributed by atoms with van der Waals surface area (Å²) in [6, 6.07) is 0. The van der Waals surface area contributed by atoms with Crippen LogP contribution < -0.4 is 0 Å². The second-order valence-corrected chi connectivity index (χ2v) is 2.93. The van der Waals surface area contributed by atoms with Gasteiger partial charge in [-0.1, -0.05) is 11.6 Å². The van der Waals surface area contributed by atoms with E-state index in [1.54, 1.807) is 0 Å². The number of fused-ring (bicyclic) bond motifs is 1. The maximum absolute atomic E-state index is 11.3. The highest BCUT2D eigenvalue weighted by Gasteiger charge is 2.24. The normalized spacial score (nSPS) is 27.1.